The lowest BCUT2D eigenvalue weighted by Crippen LogP contribution is -2.31. The fourth-order valence-corrected chi connectivity index (χ4v) is 3.27. The third-order valence-electron chi connectivity index (χ3n) is 4.48. The Bertz CT molecular complexity index is 1030. The molecule has 114 valence electrons. The lowest BCUT2D eigenvalue weighted by molar-refractivity contribution is -0.660. The molecule has 3 aromatic heterocycles. The van der Waals surface area contributed by atoms with Crippen LogP contribution in [0.25, 0.3) is 33.3 Å². The van der Waals surface area contributed by atoms with E-state index in [1.807, 2.05) is 12.1 Å². The summed E-state index contributed by atoms with van der Waals surface area (Å²) in [5.74, 6) is 0. The average molecular weight is 303 g/mol. The molecule has 3 nitrogen and oxygen atoms in total. The van der Waals surface area contributed by atoms with E-state index in [9.17, 15) is 0 Å². The molecule has 0 aliphatic carbocycles. The SMILES string of the molecule is CCc1ccc(-c2c(C)ccc3oc4ncccc4c23)[n+](C)c1. The molecule has 3 heterocycles. The number of benzene rings is 1. The normalized spacial score (nSPS) is 11.4. The minimum Gasteiger partial charge on any atom is -0.438 e. The molecule has 3 heteroatoms. The maximum Gasteiger partial charge on any atom is 0.227 e. The van der Waals surface area contributed by atoms with Gasteiger partial charge in [-0.05, 0) is 43.2 Å². The summed E-state index contributed by atoms with van der Waals surface area (Å²) < 4.78 is 8.14. The zero-order chi connectivity index (χ0) is 16.0. The molecule has 0 saturated heterocycles. The summed E-state index contributed by atoms with van der Waals surface area (Å²) in [7, 11) is 2.10. The van der Waals surface area contributed by atoms with Crippen molar-refractivity contribution in [2.24, 2.45) is 7.05 Å². The molecule has 0 aliphatic rings. The van der Waals surface area contributed by atoms with Gasteiger partial charge < -0.3 is 4.42 Å². The number of fused-ring (bicyclic) bond motifs is 3. The van der Waals surface area contributed by atoms with Gasteiger partial charge in [0.2, 0.25) is 11.4 Å². The van der Waals surface area contributed by atoms with Crippen LogP contribution in [0.2, 0.25) is 0 Å². The van der Waals surface area contributed by atoms with Gasteiger partial charge in [-0.15, -0.1) is 0 Å². The van der Waals surface area contributed by atoms with Crippen LogP contribution in [0.1, 0.15) is 18.1 Å². The molecule has 0 fully saturated rings. The van der Waals surface area contributed by atoms with Crippen molar-refractivity contribution >= 4 is 22.1 Å². The quantitative estimate of drug-likeness (QED) is 0.515. The van der Waals surface area contributed by atoms with Gasteiger partial charge in [-0.1, -0.05) is 13.0 Å². The molecule has 0 bridgehead atoms. The second-order valence-electron chi connectivity index (χ2n) is 5.98. The van der Waals surface area contributed by atoms with Crippen molar-refractivity contribution in [3.63, 3.8) is 0 Å². The maximum atomic E-state index is 5.93. The van der Waals surface area contributed by atoms with Crippen LogP contribution in [0, 0.1) is 6.92 Å². The molecular weight excluding hydrogens is 284 g/mol. The van der Waals surface area contributed by atoms with Crippen molar-refractivity contribution in [1.29, 1.82) is 0 Å². The van der Waals surface area contributed by atoms with Gasteiger partial charge in [0.1, 0.15) is 12.6 Å². The predicted octanol–water partition coefficient (Wildman–Crippen LogP) is 4.34. The van der Waals surface area contributed by atoms with Crippen molar-refractivity contribution in [2.75, 3.05) is 0 Å². The van der Waals surface area contributed by atoms with Crippen molar-refractivity contribution in [3.05, 3.63) is 59.9 Å². The van der Waals surface area contributed by atoms with Crippen LogP contribution in [0.15, 0.2) is 53.2 Å². The van der Waals surface area contributed by atoms with Gasteiger partial charge >= 0.3 is 0 Å². The fraction of sp³-hybridized carbons (Fsp3) is 0.200. The minimum atomic E-state index is 0.696. The molecule has 0 N–H and O–H groups in total. The van der Waals surface area contributed by atoms with Crippen LogP contribution in [0.3, 0.4) is 0 Å². The smallest absolute Gasteiger partial charge is 0.227 e. The highest BCUT2D eigenvalue weighted by Crippen LogP contribution is 2.36. The lowest BCUT2D eigenvalue weighted by Gasteiger charge is -2.07. The third-order valence-corrected chi connectivity index (χ3v) is 4.48. The molecule has 4 rings (SSSR count). The number of nitrogens with zero attached hydrogens (tertiary/aromatic N) is 2. The van der Waals surface area contributed by atoms with Gasteiger partial charge in [-0.3, -0.25) is 0 Å². The summed E-state index contributed by atoms with van der Waals surface area (Å²) in [6.45, 7) is 4.33. The highest BCUT2D eigenvalue weighted by atomic mass is 16.3. The first kappa shape index (κ1) is 13.9. The number of furan rings is 1. The lowest BCUT2D eigenvalue weighted by atomic mass is 9.98. The summed E-state index contributed by atoms with van der Waals surface area (Å²) >= 11 is 0. The molecule has 0 unspecified atom stereocenters. The van der Waals surface area contributed by atoms with Crippen LogP contribution >= 0.6 is 0 Å². The molecule has 0 aliphatic heterocycles. The van der Waals surface area contributed by atoms with Gasteiger partial charge in [-0.2, -0.15) is 0 Å². The van der Waals surface area contributed by atoms with Crippen molar-refractivity contribution in [1.82, 2.24) is 4.98 Å². The van der Waals surface area contributed by atoms with Crippen molar-refractivity contribution in [3.8, 4) is 11.3 Å². The van der Waals surface area contributed by atoms with E-state index in [2.05, 4.69) is 60.9 Å². The third kappa shape index (κ3) is 2.12. The molecule has 0 saturated carbocycles. The van der Waals surface area contributed by atoms with E-state index in [0.29, 0.717) is 5.71 Å². The van der Waals surface area contributed by atoms with Gasteiger partial charge in [0.15, 0.2) is 6.20 Å². The summed E-state index contributed by atoms with van der Waals surface area (Å²) in [6.07, 6.45) is 5.01. The highest BCUT2D eigenvalue weighted by Gasteiger charge is 2.20. The Balaban J connectivity index is 2.12. The van der Waals surface area contributed by atoms with Gasteiger partial charge in [0, 0.05) is 28.6 Å². The number of hydrogen-bond donors (Lipinski definition) is 0. The molecule has 0 radical (unpaired) electrons. The first-order valence-corrected chi connectivity index (χ1v) is 7.95. The molecule has 0 atom stereocenters. The van der Waals surface area contributed by atoms with E-state index in [0.717, 1.165) is 22.8 Å². The Morgan fingerprint density at radius 2 is 2.00 bits per heavy atom. The predicted molar refractivity (Wildman–Crippen MR) is 92.2 cm³/mol. The Morgan fingerprint density at radius 1 is 1.13 bits per heavy atom. The van der Waals surface area contributed by atoms with Crippen molar-refractivity contribution < 1.29 is 8.98 Å². The van der Waals surface area contributed by atoms with Crippen LogP contribution in [0.5, 0.6) is 0 Å². The van der Waals surface area contributed by atoms with E-state index >= 15 is 0 Å². The Hall–Kier alpha value is -2.68. The van der Waals surface area contributed by atoms with Gasteiger partial charge in [0.05, 0.1) is 5.56 Å². The van der Waals surface area contributed by atoms with Crippen LogP contribution in [0.4, 0.5) is 0 Å². The summed E-state index contributed by atoms with van der Waals surface area (Å²) in [5.41, 5.74) is 6.57. The minimum absolute atomic E-state index is 0.696. The molecule has 23 heavy (non-hydrogen) atoms. The summed E-state index contributed by atoms with van der Waals surface area (Å²) in [5, 5.41) is 2.22. The number of hydrogen-bond acceptors (Lipinski definition) is 2. The topological polar surface area (TPSA) is 29.9 Å². The van der Waals surface area contributed by atoms with E-state index in [-0.39, 0.29) is 0 Å². The van der Waals surface area contributed by atoms with Crippen molar-refractivity contribution in [2.45, 2.75) is 20.3 Å². The number of rotatable bonds is 2. The van der Waals surface area contributed by atoms with Crippen LogP contribution < -0.4 is 4.57 Å². The Labute approximate surface area is 135 Å². The monoisotopic (exact) mass is 303 g/mol. The summed E-state index contributed by atoms with van der Waals surface area (Å²) in [4.78, 5) is 4.36. The second kappa shape index (κ2) is 5.20. The van der Waals surface area contributed by atoms with Crippen LogP contribution in [-0.4, -0.2) is 4.98 Å². The van der Waals surface area contributed by atoms with Crippen LogP contribution in [-0.2, 0) is 13.5 Å². The zero-order valence-electron chi connectivity index (χ0n) is 13.6. The number of aromatic nitrogens is 2. The van der Waals surface area contributed by atoms with E-state index in [1.54, 1.807) is 6.20 Å². The average Bonchev–Trinajstić information content (AvgIpc) is 2.94. The van der Waals surface area contributed by atoms with Gasteiger partial charge in [0.25, 0.3) is 0 Å². The molecular formula is C20H19N2O+. The van der Waals surface area contributed by atoms with E-state index in [1.165, 1.54) is 22.4 Å². The van der Waals surface area contributed by atoms with Gasteiger partial charge in [-0.25, -0.2) is 9.55 Å². The molecule has 0 spiro atoms. The Kier molecular flexibility index (Phi) is 3.15. The fourth-order valence-electron chi connectivity index (χ4n) is 3.27. The number of pyridine rings is 2. The first-order valence-electron chi connectivity index (χ1n) is 7.95. The summed E-state index contributed by atoms with van der Waals surface area (Å²) in [6, 6.07) is 12.6. The largest absolute Gasteiger partial charge is 0.438 e. The maximum absolute atomic E-state index is 5.93. The molecule has 4 aromatic rings. The highest BCUT2D eigenvalue weighted by molar-refractivity contribution is 6.11. The Morgan fingerprint density at radius 3 is 2.78 bits per heavy atom. The number of aryl methyl sites for hydroxylation is 3. The first-order chi connectivity index (χ1) is 11.2. The standard InChI is InChI=1S/C20H19N2O/c1-4-14-8-9-16(22(3)12-14)18-13(2)7-10-17-19(18)15-6-5-11-21-20(15)23-17/h5-12H,4H2,1-3H3/q+1. The second-order valence-corrected chi connectivity index (χ2v) is 5.98. The zero-order valence-corrected chi connectivity index (χ0v) is 13.6. The van der Waals surface area contributed by atoms with E-state index in [4.69, 9.17) is 4.42 Å². The molecule has 0 amide bonds. The molecule has 1 aromatic carbocycles. The van der Waals surface area contributed by atoms with E-state index < -0.39 is 0 Å².